The lowest BCUT2D eigenvalue weighted by molar-refractivity contribution is 0.287. The molecule has 0 radical (unpaired) electrons. The maximum Gasteiger partial charge on any atom is 0.251 e. The number of methoxy groups -OCH3 is 2. The fraction of sp³-hybridized carbons (Fsp3) is 0.500. The summed E-state index contributed by atoms with van der Waals surface area (Å²) in [7, 11) is 4.65. The van der Waals surface area contributed by atoms with Crippen molar-refractivity contribution in [1.29, 1.82) is 0 Å². The average molecular weight is 129 g/mol. The smallest absolute Gasteiger partial charge is 0.251 e. The molecule has 0 aliphatic carbocycles. The zero-order valence-corrected chi connectivity index (χ0v) is 5.97. The molecule has 0 bridgehead atoms. The molecule has 0 saturated carbocycles. The van der Waals surface area contributed by atoms with Gasteiger partial charge in [0.05, 0.1) is 14.2 Å². The topological polar surface area (TPSA) is 30.8 Å². The number of ether oxygens (including phenoxy) is 2. The van der Waals surface area contributed by atoms with Crippen molar-refractivity contribution in [2.75, 3.05) is 21.3 Å². The molecule has 0 rings (SSSR count). The molecule has 0 atom stereocenters. The van der Waals surface area contributed by atoms with Gasteiger partial charge >= 0.3 is 0 Å². The van der Waals surface area contributed by atoms with Crippen LogP contribution in [0.15, 0.2) is 17.3 Å². The Morgan fingerprint density at radius 3 is 2.00 bits per heavy atom. The number of nitrogens with zero attached hydrogens (tertiary/aromatic N) is 1. The fourth-order valence-corrected chi connectivity index (χ4v) is 0.417. The van der Waals surface area contributed by atoms with Gasteiger partial charge in [-0.25, -0.2) is 0 Å². The zero-order valence-electron chi connectivity index (χ0n) is 5.97. The van der Waals surface area contributed by atoms with Crippen LogP contribution < -0.4 is 0 Å². The molecule has 0 unspecified atom stereocenters. The predicted octanol–water partition coefficient (Wildman–Crippen LogP) is 0.821. The van der Waals surface area contributed by atoms with Gasteiger partial charge in [-0.05, 0) is 0 Å². The van der Waals surface area contributed by atoms with Crippen LogP contribution in [-0.2, 0) is 9.47 Å². The van der Waals surface area contributed by atoms with Gasteiger partial charge < -0.3 is 9.47 Å². The van der Waals surface area contributed by atoms with Crippen LogP contribution in [0, 0.1) is 0 Å². The van der Waals surface area contributed by atoms with Gasteiger partial charge in [0.25, 0.3) is 5.90 Å². The van der Waals surface area contributed by atoms with Gasteiger partial charge in [-0.15, -0.1) is 0 Å². The van der Waals surface area contributed by atoms with E-state index in [1.54, 1.807) is 7.05 Å². The summed E-state index contributed by atoms with van der Waals surface area (Å²) in [6.45, 7) is 3.54. The van der Waals surface area contributed by atoms with Crippen molar-refractivity contribution in [2.45, 2.75) is 0 Å². The number of hydrogen-bond acceptors (Lipinski definition) is 3. The van der Waals surface area contributed by atoms with Gasteiger partial charge in [-0.3, -0.25) is 4.99 Å². The van der Waals surface area contributed by atoms with E-state index < -0.39 is 0 Å². The zero-order chi connectivity index (χ0) is 7.28. The van der Waals surface area contributed by atoms with E-state index in [0.717, 1.165) is 0 Å². The highest BCUT2D eigenvalue weighted by atomic mass is 16.5. The summed E-state index contributed by atoms with van der Waals surface area (Å²) in [4.78, 5) is 3.75. The lowest BCUT2D eigenvalue weighted by Gasteiger charge is -2.03. The van der Waals surface area contributed by atoms with Crippen LogP contribution in [0.3, 0.4) is 0 Å². The first-order chi connectivity index (χ1) is 4.26. The fourth-order valence-electron chi connectivity index (χ4n) is 0.417. The van der Waals surface area contributed by atoms with E-state index in [9.17, 15) is 0 Å². The third kappa shape index (κ3) is 2.17. The summed E-state index contributed by atoms with van der Waals surface area (Å²) < 4.78 is 9.52. The SMILES string of the molecule is C=C(OC)/C(=N\C)OC. The second-order valence-electron chi connectivity index (χ2n) is 1.36. The predicted molar refractivity (Wildman–Crippen MR) is 36.5 cm³/mol. The molecule has 0 aromatic carbocycles. The van der Waals surface area contributed by atoms with E-state index in [1.165, 1.54) is 14.2 Å². The maximum absolute atomic E-state index is 4.78. The molecule has 3 nitrogen and oxygen atoms in total. The monoisotopic (exact) mass is 129 g/mol. The third-order valence-corrected chi connectivity index (χ3v) is 0.881. The van der Waals surface area contributed by atoms with Crippen molar-refractivity contribution in [3.63, 3.8) is 0 Å². The van der Waals surface area contributed by atoms with E-state index in [4.69, 9.17) is 9.47 Å². The van der Waals surface area contributed by atoms with Gasteiger partial charge in [-0.2, -0.15) is 0 Å². The number of hydrogen-bond donors (Lipinski definition) is 0. The normalized spacial score (nSPS) is 10.8. The molecule has 3 heteroatoms. The van der Waals surface area contributed by atoms with Crippen molar-refractivity contribution < 1.29 is 9.47 Å². The summed E-state index contributed by atoms with van der Waals surface area (Å²) in [5.74, 6) is 0.873. The highest BCUT2D eigenvalue weighted by Crippen LogP contribution is 1.94. The average Bonchev–Trinajstić information content (AvgIpc) is 1.90. The van der Waals surface area contributed by atoms with E-state index in [0.29, 0.717) is 11.7 Å². The first-order valence-electron chi connectivity index (χ1n) is 2.50. The molecule has 0 aliphatic rings. The van der Waals surface area contributed by atoms with Crippen LogP contribution in [0.5, 0.6) is 0 Å². The van der Waals surface area contributed by atoms with Crippen LogP contribution >= 0.6 is 0 Å². The molecule has 0 aromatic rings. The quantitative estimate of drug-likeness (QED) is 0.314. The Morgan fingerprint density at radius 1 is 1.33 bits per heavy atom. The summed E-state index contributed by atoms with van der Waals surface area (Å²) in [6.07, 6.45) is 0. The molecule has 0 N–H and O–H groups in total. The van der Waals surface area contributed by atoms with Crippen LogP contribution in [0.1, 0.15) is 0 Å². The second-order valence-corrected chi connectivity index (χ2v) is 1.36. The molecular weight excluding hydrogens is 118 g/mol. The van der Waals surface area contributed by atoms with E-state index in [-0.39, 0.29) is 0 Å². The summed E-state index contributed by atoms with van der Waals surface area (Å²) in [6, 6.07) is 0. The van der Waals surface area contributed by atoms with Crippen molar-refractivity contribution in [2.24, 2.45) is 4.99 Å². The van der Waals surface area contributed by atoms with Crippen molar-refractivity contribution >= 4 is 5.90 Å². The lowest BCUT2D eigenvalue weighted by Crippen LogP contribution is -2.05. The first kappa shape index (κ1) is 8.01. The Bertz CT molecular complexity index is 129. The minimum absolute atomic E-state index is 0.428. The molecule has 0 saturated heterocycles. The van der Waals surface area contributed by atoms with E-state index in [2.05, 4.69) is 11.6 Å². The molecule has 0 aromatic heterocycles. The molecule has 9 heavy (non-hydrogen) atoms. The van der Waals surface area contributed by atoms with Gasteiger partial charge in [0.1, 0.15) is 0 Å². The standard InChI is InChI=1S/C6H11NO2/c1-5(8-3)6(7-2)9-4/h1H2,2-4H3/b7-6+. The van der Waals surface area contributed by atoms with Crippen molar-refractivity contribution in [1.82, 2.24) is 0 Å². The minimum atomic E-state index is 0.428. The van der Waals surface area contributed by atoms with Crippen LogP contribution in [0.2, 0.25) is 0 Å². The Balaban J connectivity index is 3.97. The number of rotatable bonds is 2. The molecular formula is C6H11NO2. The highest BCUT2D eigenvalue weighted by Gasteiger charge is 2.00. The Hall–Kier alpha value is -0.990. The van der Waals surface area contributed by atoms with E-state index in [1.807, 2.05) is 0 Å². The first-order valence-corrected chi connectivity index (χ1v) is 2.50. The molecule has 0 spiro atoms. The minimum Gasteiger partial charge on any atom is -0.492 e. The molecule has 0 aliphatic heterocycles. The van der Waals surface area contributed by atoms with Gasteiger partial charge in [0, 0.05) is 7.05 Å². The molecule has 0 heterocycles. The van der Waals surface area contributed by atoms with Gasteiger partial charge in [0.15, 0.2) is 5.76 Å². The molecule has 0 amide bonds. The lowest BCUT2D eigenvalue weighted by atomic mass is 10.5. The summed E-state index contributed by atoms with van der Waals surface area (Å²) in [5, 5.41) is 0. The molecule has 52 valence electrons. The van der Waals surface area contributed by atoms with E-state index >= 15 is 0 Å². The van der Waals surface area contributed by atoms with Gasteiger partial charge in [0.2, 0.25) is 0 Å². The van der Waals surface area contributed by atoms with Crippen LogP contribution in [0.4, 0.5) is 0 Å². The van der Waals surface area contributed by atoms with Crippen molar-refractivity contribution in [3.05, 3.63) is 12.3 Å². The second kappa shape index (κ2) is 3.95. The largest absolute Gasteiger partial charge is 0.492 e. The third-order valence-electron chi connectivity index (χ3n) is 0.881. The van der Waals surface area contributed by atoms with Gasteiger partial charge in [-0.1, -0.05) is 6.58 Å². The number of aliphatic imine (C=N–C) groups is 1. The Morgan fingerprint density at radius 2 is 1.89 bits per heavy atom. The molecule has 0 fully saturated rings. The maximum atomic E-state index is 4.78. The Labute approximate surface area is 55.0 Å². The van der Waals surface area contributed by atoms with Crippen molar-refractivity contribution in [3.8, 4) is 0 Å². The van der Waals surface area contributed by atoms with Crippen LogP contribution in [0.25, 0.3) is 0 Å². The highest BCUT2D eigenvalue weighted by molar-refractivity contribution is 5.90. The van der Waals surface area contributed by atoms with Crippen LogP contribution in [-0.4, -0.2) is 27.2 Å². The Kier molecular flexibility index (Phi) is 3.51. The summed E-state index contributed by atoms with van der Waals surface area (Å²) in [5.41, 5.74) is 0. The summed E-state index contributed by atoms with van der Waals surface area (Å²) >= 11 is 0.